The van der Waals surface area contributed by atoms with Crippen molar-refractivity contribution in [3.05, 3.63) is 299 Å². The summed E-state index contributed by atoms with van der Waals surface area (Å²) in [7, 11) is 0. The van der Waals surface area contributed by atoms with Crippen molar-refractivity contribution in [3.8, 4) is 11.1 Å². The molecule has 0 heterocycles. The monoisotopic (exact) mass is 805 g/mol. The predicted octanol–water partition coefficient (Wildman–Crippen LogP) is 15.4. The Balaban J connectivity index is 1.06. The number of para-hydroxylation sites is 1. The van der Waals surface area contributed by atoms with Gasteiger partial charge in [-0.3, -0.25) is 0 Å². The highest BCUT2D eigenvalue weighted by atomic mass is 15.1. The van der Waals surface area contributed by atoms with E-state index in [1.807, 2.05) is 0 Å². The summed E-state index contributed by atoms with van der Waals surface area (Å²) in [5, 5.41) is 0. The Labute approximate surface area is 371 Å². The van der Waals surface area contributed by atoms with Gasteiger partial charge in [-0.15, -0.1) is 0 Å². The molecule has 4 unspecified atom stereocenters. The van der Waals surface area contributed by atoms with E-state index >= 15 is 0 Å². The minimum atomic E-state index is -0.612. The molecule has 8 aromatic carbocycles. The molecule has 12 rings (SSSR count). The molecule has 4 atom stereocenters. The van der Waals surface area contributed by atoms with Crippen LogP contribution in [-0.2, 0) is 10.8 Å². The Bertz CT molecular complexity index is 3100. The van der Waals surface area contributed by atoms with Gasteiger partial charge in [0.05, 0.1) is 10.8 Å². The minimum Gasteiger partial charge on any atom is -0.311 e. The van der Waals surface area contributed by atoms with Crippen LogP contribution in [0.2, 0.25) is 0 Å². The van der Waals surface area contributed by atoms with Crippen molar-refractivity contribution >= 4 is 22.6 Å². The van der Waals surface area contributed by atoms with Crippen molar-refractivity contribution in [2.75, 3.05) is 4.90 Å². The lowest BCUT2D eigenvalue weighted by molar-refractivity contribution is 0.454. The molecule has 63 heavy (non-hydrogen) atoms. The van der Waals surface area contributed by atoms with Crippen molar-refractivity contribution in [1.82, 2.24) is 0 Å². The van der Waals surface area contributed by atoms with Gasteiger partial charge >= 0.3 is 0 Å². The van der Waals surface area contributed by atoms with E-state index in [9.17, 15) is 0 Å². The maximum Gasteiger partial charge on any atom is 0.0714 e. The standard InChI is InChI=1S/C62H47N/c1-5-20-44(21-6-1)45-36-40-50(41-37-45)63(49-26-11-4-12-27-49)51-42-38-46(39-43-51)52-28-13-15-31-55(52)61(47-22-7-2-8-23-47)57-33-17-18-34-58(57)62(48-24-9-3-10-25-48)56-32-16-14-29-53(56)54-30-19-35-59(61)60(54)62/h1-20,22-31,33-44,56H,21,32H2. The SMILES string of the molecule is C1=CCC(c2ccc(N(c3ccccc3)c3ccc(-c4ccccc4C4(c5ccccc5)c5ccccc5C5(c6ccccc6)c6c(cccc64)C4=CC=CCC45)cc3)cc2)C=C1. The van der Waals surface area contributed by atoms with Crippen LogP contribution in [0.1, 0.15) is 68.8 Å². The molecule has 0 saturated heterocycles. The zero-order chi connectivity index (χ0) is 41.8. The van der Waals surface area contributed by atoms with E-state index in [0.717, 1.165) is 29.9 Å². The first-order chi connectivity index (χ1) is 31.3. The second-order valence-corrected chi connectivity index (χ2v) is 17.4. The van der Waals surface area contributed by atoms with Gasteiger partial charge < -0.3 is 4.90 Å². The Morgan fingerprint density at radius 2 is 0.984 bits per heavy atom. The van der Waals surface area contributed by atoms with Crippen molar-refractivity contribution in [2.45, 2.75) is 29.6 Å². The van der Waals surface area contributed by atoms with Crippen LogP contribution in [-0.4, -0.2) is 0 Å². The Hall–Kier alpha value is -7.48. The molecule has 0 aromatic heterocycles. The highest BCUT2D eigenvalue weighted by Gasteiger charge is 2.60. The van der Waals surface area contributed by atoms with Crippen molar-refractivity contribution in [2.24, 2.45) is 5.92 Å². The number of allylic oxidation sites excluding steroid dienone is 8. The van der Waals surface area contributed by atoms with E-state index < -0.39 is 5.41 Å². The van der Waals surface area contributed by atoms with Gasteiger partial charge in [0, 0.05) is 28.9 Å². The molecule has 0 radical (unpaired) electrons. The third kappa shape index (κ3) is 5.62. The Morgan fingerprint density at radius 3 is 1.70 bits per heavy atom. The first kappa shape index (κ1) is 37.3. The molecule has 1 nitrogen and oxygen atoms in total. The summed E-state index contributed by atoms with van der Waals surface area (Å²) in [4.78, 5) is 2.37. The topological polar surface area (TPSA) is 3.24 Å². The summed E-state index contributed by atoms with van der Waals surface area (Å²) in [6.45, 7) is 0. The molecular formula is C62H47N. The molecule has 4 aliphatic rings. The lowest BCUT2D eigenvalue weighted by Gasteiger charge is -2.51. The Morgan fingerprint density at radius 1 is 0.413 bits per heavy atom. The summed E-state index contributed by atoms with van der Waals surface area (Å²) in [6, 6.07) is 77.6. The van der Waals surface area contributed by atoms with E-state index in [4.69, 9.17) is 0 Å². The first-order valence-corrected chi connectivity index (χ1v) is 22.5. The maximum atomic E-state index is 2.45. The molecule has 0 spiro atoms. The molecule has 4 aliphatic carbocycles. The largest absolute Gasteiger partial charge is 0.311 e. The smallest absolute Gasteiger partial charge is 0.0714 e. The second-order valence-electron chi connectivity index (χ2n) is 17.4. The van der Waals surface area contributed by atoms with Gasteiger partial charge in [0.1, 0.15) is 0 Å². The third-order valence-corrected chi connectivity index (χ3v) is 14.4. The van der Waals surface area contributed by atoms with E-state index in [-0.39, 0.29) is 11.3 Å². The minimum absolute atomic E-state index is 0.281. The van der Waals surface area contributed by atoms with Gasteiger partial charge in [-0.1, -0.05) is 212 Å². The fourth-order valence-electron chi connectivity index (χ4n) is 11.9. The summed E-state index contributed by atoms with van der Waals surface area (Å²) >= 11 is 0. The van der Waals surface area contributed by atoms with Crippen LogP contribution in [0.15, 0.2) is 249 Å². The van der Waals surface area contributed by atoms with Crippen LogP contribution >= 0.6 is 0 Å². The van der Waals surface area contributed by atoms with Gasteiger partial charge in [0.25, 0.3) is 0 Å². The van der Waals surface area contributed by atoms with Crippen LogP contribution in [0, 0.1) is 5.92 Å². The first-order valence-electron chi connectivity index (χ1n) is 22.5. The van der Waals surface area contributed by atoms with Crippen LogP contribution in [0.25, 0.3) is 16.7 Å². The summed E-state index contributed by atoms with van der Waals surface area (Å²) < 4.78 is 0. The molecule has 0 bridgehead atoms. The molecule has 0 aliphatic heterocycles. The highest BCUT2D eigenvalue weighted by Crippen LogP contribution is 2.68. The van der Waals surface area contributed by atoms with Crippen molar-refractivity contribution < 1.29 is 0 Å². The van der Waals surface area contributed by atoms with Gasteiger partial charge in [0.2, 0.25) is 0 Å². The number of nitrogens with zero attached hydrogens (tertiary/aromatic N) is 1. The number of anilines is 3. The van der Waals surface area contributed by atoms with Crippen LogP contribution in [0.4, 0.5) is 17.1 Å². The van der Waals surface area contributed by atoms with Gasteiger partial charge in [0.15, 0.2) is 0 Å². The fourth-order valence-corrected chi connectivity index (χ4v) is 11.9. The van der Waals surface area contributed by atoms with Crippen molar-refractivity contribution in [1.29, 1.82) is 0 Å². The molecule has 1 heteroatoms. The van der Waals surface area contributed by atoms with Crippen LogP contribution in [0.5, 0.6) is 0 Å². The summed E-state index contributed by atoms with van der Waals surface area (Å²) in [6.07, 6.45) is 18.0. The quantitative estimate of drug-likeness (QED) is 0.148. The fraction of sp³-hybridized carbons (Fsp3) is 0.0968. The number of benzene rings is 8. The summed E-state index contributed by atoms with van der Waals surface area (Å²) in [5.74, 6) is 0.692. The number of fused-ring (bicyclic) bond motifs is 5. The predicted molar refractivity (Wildman–Crippen MR) is 262 cm³/mol. The number of hydrogen-bond acceptors (Lipinski definition) is 1. The third-order valence-electron chi connectivity index (χ3n) is 14.4. The van der Waals surface area contributed by atoms with Gasteiger partial charge in [-0.25, -0.2) is 0 Å². The van der Waals surface area contributed by atoms with Gasteiger partial charge in [-0.05, 0) is 116 Å². The number of rotatable bonds is 8. The van der Waals surface area contributed by atoms with Crippen LogP contribution < -0.4 is 4.90 Å². The maximum absolute atomic E-state index is 2.45. The van der Waals surface area contributed by atoms with E-state index in [2.05, 4.69) is 254 Å². The zero-order valence-corrected chi connectivity index (χ0v) is 35.2. The molecule has 300 valence electrons. The molecule has 0 fully saturated rings. The van der Waals surface area contributed by atoms with E-state index in [1.54, 1.807) is 0 Å². The van der Waals surface area contributed by atoms with Crippen LogP contribution in [0.3, 0.4) is 0 Å². The van der Waals surface area contributed by atoms with E-state index in [1.165, 1.54) is 66.8 Å². The average molecular weight is 806 g/mol. The Kier molecular flexibility index (Phi) is 8.97. The summed E-state index contributed by atoms with van der Waals surface area (Å²) in [5.41, 5.74) is 18.5. The molecule has 0 N–H and O–H groups in total. The van der Waals surface area contributed by atoms with Crippen molar-refractivity contribution in [3.63, 3.8) is 0 Å². The molecular weight excluding hydrogens is 759 g/mol. The zero-order valence-electron chi connectivity index (χ0n) is 35.2. The normalized spacial score (nSPS) is 21.2. The average Bonchev–Trinajstić information content (AvgIpc) is 3.68. The molecule has 8 aromatic rings. The second kappa shape index (κ2) is 15.2. The lowest BCUT2D eigenvalue weighted by atomic mass is 9.50. The highest BCUT2D eigenvalue weighted by molar-refractivity contribution is 5.90. The molecule has 0 amide bonds. The molecule has 0 saturated carbocycles. The van der Waals surface area contributed by atoms with E-state index in [0.29, 0.717) is 5.92 Å². The number of hydrogen-bond donors (Lipinski definition) is 0. The lowest BCUT2D eigenvalue weighted by Crippen LogP contribution is -2.46. The van der Waals surface area contributed by atoms with Gasteiger partial charge in [-0.2, -0.15) is 0 Å².